The van der Waals surface area contributed by atoms with Gasteiger partial charge < -0.3 is 14.2 Å². The first kappa shape index (κ1) is 9.98. The number of epoxide rings is 1. The predicted octanol–water partition coefficient (Wildman–Crippen LogP) is 1.31. The van der Waals surface area contributed by atoms with Crippen LogP contribution in [0, 0.1) is 0 Å². The normalized spacial score (nSPS) is 23.3. The Kier molecular flexibility index (Phi) is 2.60. The van der Waals surface area contributed by atoms with Crippen LogP contribution in [-0.2, 0) is 14.3 Å². The number of carbonyl (C=O) groups is 1. The Bertz CT molecular complexity index is 357. The average Bonchev–Trinajstić information content (AvgIpc) is 3.08. The van der Waals surface area contributed by atoms with Crippen molar-refractivity contribution in [3.63, 3.8) is 0 Å². The molecule has 15 heavy (non-hydrogen) atoms. The highest BCUT2D eigenvalue weighted by Gasteiger charge is 2.47. The van der Waals surface area contributed by atoms with Crippen LogP contribution >= 0.6 is 0 Å². The molecule has 1 saturated heterocycles. The summed E-state index contributed by atoms with van der Waals surface area (Å²) in [6.45, 7) is 0. The molecule has 1 aliphatic rings. The van der Waals surface area contributed by atoms with Gasteiger partial charge in [-0.25, -0.2) is 4.79 Å². The number of esters is 1. The first-order valence-electron chi connectivity index (χ1n) is 4.63. The van der Waals surface area contributed by atoms with Crippen LogP contribution in [0.3, 0.4) is 0 Å². The van der Waals surface area contributed by atoms with E-state index in [0.29, 0.717) is 0 Å². The number of hydrogen-bond acceptors (Lipinski definition) is 4. The van der Waals surface area contributed by atoms with E-state index in [1.54, 1.807) is 7.11 Å². The standard InChI is InChI=1S/C11H12O4/c1-13-8-5-3-7(4-6-8)9-10(15-9)11(12)14-2/h3-6,9-10H,1-2H3/t9-,10+/m0/s1. The van der Waals surface area contributed by atoms with Gasteiger partial charge in [0.1, 0.15) is 11.9 Å². The molecule has 0 spiro atoms. The second-order valence-electron chi connectivity index (χ2n) is 3.27. The lowest BCUT2D eigenvalue weighted by Gasteiger charge is -2.00. The van der Waals surface area contributed by atoms with Gasteiger partial charge in [0.15, 0.2) is 6.10 Å². The Morgan fingerprint density at radius 3 is 2.47 bits per heavy atom. The molecule has 1 fully saturated rings. The fraction of sp³-hybridized carbons (Fsp3) is 0.364. The maximum Gasteiger partial charge on any atom is 0.338 e. The molecule has 1 aromatic carbocycles. The molecule has 0 amide bonds. The van der Waals surface area contributed by atoms with Crippen molar-refractivity contribution in [3.8, 4) is 5.75 Å². The lowest BCUT2D eigenvalue weighted by molar-refractivity contribution is -0.142. The molecule has 0 radical (unpaired) electrons. The molecular formula is C11H12O4. The number of benzene rings is 1. The van der Waals surface area contributed by atoms with Crippen molar-refractivity contribution >= 4 is 5.97 Å². The largest absolute Gasteiger partial charge is 0.497 e. The third-order valence-electron chi connectivity index (χ3n) is 2.37. The molecule has 0 saturated carbocycles. The summed E-state index contributed by atoms with van der Waals surface area (Å²) in [6.07, 6.45) is -0.605. The van der Waals surface area contributed by atoms with Gasteiger partial charge in [0.25, 0.3) is 0 Å². The number of carbonyl (C=O) groups excluding carboxylic acids is 1. The zero-order chi connectivity index (χ0) is 10.8. The van der Waals surface area contributed by atoms with E-state index in [1.165, 1.54) is 7.11 Å². The third kappa shape index (κ3) is 1.94. The SMILES string of the molecule is COC(=O)[C@@H]1O[C@H]1c1ccc(OC)cc1. The summed E-state index contributed by atoms with van der Waals surface area (Å²) < 4.78 is 14.8. The second-order valence-corrected chi connectivity index (χ2v) is 3.27. The van der Waals surface area contributed by atoms with Crippen LogP contribution in [0.1, 0.15) is 11.7 Å². The Labute approximate surface area is 87.8 Å². The average molecular weight is 208 g/mol. The molecule has 2 atom stereocenters. The van der Waals surface area contributed by atoms with E-state index >= 15 is 0 Å². The quantitative estimate of drug-likeness (QED) is 0.555. The molecule has 0 unspecified atom stereocenters. The Morgan fingerprint density at radius 2 is 1.93 bits per heavy atom. The van der Waals surface area contributed by atoms with E-state index in [0.717, 1.165) is 11.3 Å². The van der Waals surface area contributed by atoms with E-state index in [4.69, 9.17) is 9.47 Å². The van der Waals surface area contributed by atoms with Gasteiger partial charge in [0.2, 0.25) is 0 Å². The maximum atomic E-state index is 11.1. The molecule has 4 nitrogen and oxygen atoms in total. The topological polar surface area (TPSA) is 48.1 Å². The van der Waals surface area contributed by atoms with E-state index in [-0.39, 0.29) is 12.1 Å². The Morgan fingerprint density at radius 1 is 1.27 bits per heavy atom. The highest BCUT2D eigenvalue weighted by molar-refractivity contribution is 5.78. The summed E-state index contributed by atoms with van der Waals surface area (Å²) in [5.41, 5.74) is 0.964. The fourth-order valence-electron chi connectivity index (χ4n) is 1.45. The predicted molar refractivity (Wildman–Crippen MR) is 52.6 cm³/mol. The van der Waals surface area contributed by atoms with Crippen LogP contribution in [0.4, 0.5) is 0 Å². The molecule has 1 heterocycles. The first-order valence-corrected chi connectivity index (χ1v) is 4.63. The number of ether oxygens (including phenoxy) is 3. The molecule has 0 N–H and O–H groups in total. The van der Waals surface area contributed by atoms with Gasteiger partial charge in [-0.1, -0.05) is 12.1 Å². The summed E-state index contributed by atoms with van der Waals surface area (Å²) in [6, 6.07) is 7.44. The molecule has 4 heteroatoms. The molecule has 0 aliphatic carbocycles. The van der Waals surface area contributed by atoms with Crippen LogP contribution in [0.2, 0.25) is 0 Å². The zero-order valence-electron chi connectivity index (χ0n) is 8.60. The number of hydrogen-bond donors (Lipinski definition) is 0. The van der Waals surface area contributed by atoms with E-state index in [2.05, 4.69) is 4.74 Å². The molecular weight excluding hydrogens is 196 g/mol. The van der Waals surface area contributed by atoms with Crippen molar-refractivity contribution in [3.05, 3.63) is 29.8 Å². The maximum absolute atomic E-state index is 11.1. The molecule has 1 aliphatic heterocycles. The lowest BCUT2D eigenvalue weighted by atomic mass is 10.1. The van der Waals surface area contributed by atoms with Crippen LogP contribution in [-0.4, -0.2) is 26.3 Å². The highest BCUT2D eigenvalue weighted by Crippen LogP contribution is 2.39. The minimum absolute atomic E-state index is 0.164. The lowest BCUT2D eigenvalue weighted by Crippen LogP contribution is -2.09. The van der Waals surface area contributed by atoms with Gasteiger partial charge in [-0.3, -0.25) is 0 Å². The van der Waals surface area contributed by atoms with Crippen LogP contribution in [0.15, 0.2) is 24.3 Å². The molecule has 1 aromatic rings. The van der Waals surface area contributed by atoms with Gasteiger partial charge in [-0.05, 0) is 17.7 Å². The van der Waals surface area contributed by atoms with Crippen molar-refractivity contribution in [2.24, 2.45) is 0 Å². The van der Waals surface area contributed by atoms with Gasteiger partial charge in [0, 0.05) is 0 Å². The molecule has 80 valence electrons. The summed E-state index contributed by atoms with van der Waals surface area (Å²) in [5, 5.41) is 0. The van der Waals surface area contributed by atoms with Gasteiger partial charge >= 0.3 is 5.97 Å². The van der Waals surface area contributed by atoms with Crippen molar-refractivity contribution in [1.29, 1.82) is 0 Å². The molecule has 0 bridgehead atoms. The molecule has 0 aromatic heterocycles. The minimum atomic E-state index is -0.441. The number of rotatable bonds is 3. The van der Waals surface area contributed by atoms with Crippen molar-refractivity contribution in [1.82, 2.24) is 0 Å². The fourth-order valence-corrected chi connectivity index (χ4v) is 1.45. The zero-order valence-corrected chi connectivity index (χ0v) is 8.60. The molecule has 2 rings (SSSR count). The van der Waals surface area contributed by atoms with Crippen LogP contribution in [0.5, 0.6) is 5.75 Å². The second kappa shape index (κ2) is 3.90. The van der Waals surface area contributed by atoms with Crippen molar-refractivity contribution in [2.45, 2.75) is 12.2 Å². The first-order chi connectivity index (χ1) is 7.26. The third-order valence-corrected chi connectivity index (χ3v) is 2.37. The van der Waals surface area contributed by atoms with E-state index in [9.17, 15) is 4.79 Å². The summed E-state index contributed by atoms with van der Waals surface area (Å²) in [4.78, 5) is 11.1. The summed E-state index contributed by atoms with van der Waals surface area (Å²) in [5.74, 6) is 0.463. The summed E-state index contributed by atoms with van der Waals surface area (Å²) in [7, 11) is 2.97. The number of methoxy groups -OCH3 is 2. The van der Waals surface area contributed by atoms with Crippen molar-refractivity contribution < 1.29 is 19.0 Å². The summed E-state index contributed by atoms with van der Waals surface area (Å²) >= 11 is 0. The minimum Gasteiger partial charge on any atom is -0.497 e. The van der Waals surface area contributed by atoms with Crippen molar-refractivity contribution in [2.75, 3.05) is 14.2 Å². The monoisotopic (exact) mass is 208 g/mol. The van der Waals surface area contributed by atoms with Crippen LogP contribution < -0.4 is 4.74 Å². The van der Waals surface area contributed by atoms with Gasteiger partial charge in [-0.15, -0.1) is 0 Å². The Hall–Kier alpha value is -1.55. The smallest absolute Gasteiger partial charge is 0.338 e. The van der Waals surface area contributed by atoms with Crippen LogP contribution in [0.25, 0.3) is 0 Å². The van der Waals surface area contributed by atoms with Gasteiger partial charge in [-0.2, -0.15) is 0 Å². The van der Waals surface area contributed by atoms with Gasteiger partial charge in [0.05, 0.1) is 14.2 Å². The highest BCUT2D eigenvalue weighted by atomic mass is 16.6. The van der Waals surface area contributed by atoms with E-state index < -0.39 is 6.10 Å². The Balaban J connectivity index is 2.04. The van der Waals surface area contributed by atoms with E-state index in [1.807, 2.05) is 24.3 Å².